The van der Waals surface area contributed by atoms with Crippen LogP contribution in [-0.4, -0.2) is 47.5 Å². The lowest BCUT2D eigenvalue weighted by Crippen LogP contribution is -2.61. The summed E-state index contributed by atoms with van der Waals surface area (Å²) in [6.07, 6.45) is 6.89. The number of nitrogens with zero attached hydrogens (tertiary/aromatic N) is 2. The van der Waals surface area contributed by atoms with E-state index in [-0.39, 0.29) is 11.6 Å². The number of rotatable bonds is 3. The molecule has 0 aromatic rings. The van der Waals surface area contributed by atoms with Crippen molar-refractivity contribution in [3.05, 3.63) is 0 Å². The van der Waals surface area contributed by atoms with Gasteiger partial charge in [0, 0.05) is 26.2 Å². The standard InChI is InChI=1S/C17H33N3O/c1-4-20(16(21)19-11-5-6-15(3)12-19)17(13-18)9-7-14(2)8-10-17/h14-15H,4-13,18H2,1-3H3. The van der Waals surface area contributed by atoms with E-state index in [1.807, 2.05) is 0 Å². The summed E-state index contributed by atoms with van der Waals surface area (Å²) in [5.41, 5.74) is 6.04. The lowest BCUT2D eigenvalue weighted by atomic mass is 9.76. The van der Waals surface area contributed by atoms with Crippen LogP contribution in [0.5, 0.6) is 0 Å². The van der Waals surface area contributed by atoms with Crippen molar-refractivity contribution in [3.63, 3.8) is 0 Å². The fraction of sp³-hybridized carbons (Fsp3) is 0.941. The number of carbonyl (C=O) groups is 1. The molecule has 0 radical (unpaired) electrons. The molecule has 0 aromatic carbocycles. The Labute approximate surface area is 130 Å². The van der Waals surface area contributed by atoms with Crippen molar-refractivity contribution in [1.29, 1.82) is 0 Å². The van der Waals surface area contributed by atoms with E-state index in [4.69, 9.17) is 5.73 Å². The highest BCUT2D eigenvalue weighted by atomic mass is 16.2. The molecule has 0 bridgehead atoms. The molecule has 21 heavy (non-hydrogen) atoms. The van der Waals surface area contributed by atoms with Gasteiger partial charge in [0.2, 0.25) is 0 Å². The summed E-state index contributed by atoms with van der Waals surface area (Å²) in [5.74, 6) is 1.40. The Morgan fingerprint density at radius 3 is 2.43 bits per heavy atom. The second-order valence-corrected chi connectivity index (χ2v) is 7.33. The van der Waals surface area contributed by atoms with E-state index in [9.17, 15) is 4.79 Å². The van der Waals surface area contributed by atoms with Crippen molar-refractivity contribution < 1.29 is 4.79 Å². The highest BCUT2D eigenvalue weighted by Gasteiger charge is 2.41. The smallest absolute Gasteiger partial charge is 0.320 e. The molecule has 0 spiro atoms. The van der Waals surface area contributed by atoms with Gasteiger partial charge in [-0.25, -0.2) is 4.79 Å². The van der Waals surface area contributed by atoms with Crippen molar-refractivity contribution in [1.82, 2.24) is 9.80 Å². The monoisotopic (exact) mass is 295 g/mol. The fourth-order valence-electron chi connectivity index (χ4n) is 4.09. The molecule has 1 unspecified atom stereocenters. The number of amides is 2. The summed E-state index contributed by atoms with van der Waals surface area (Å²) in [7, 11) is 0. The summed E-state index contributed by atoms with van der Waals surface area (Å²) >= 11 is 0. The average Bonchev–Trinajstić information content (AvgIpc) is 2.50. The van der Waals surface area contributed by atoms with Crippen LogP contribution in [-0.2, 0) is 0 Å². The van der Waals surface area contributed by atoms with Crippen molar-refractivity contribution in [2.75, 3.05) is 26.2 Å². The zero-order valence-electron chi connectivity index (χ0n) is 14.1. The molecule has 1 saturated carbocycles. The third kappa shape index (κ3) is 3.53. The Balaban J connectivity index is 2.11. The molecule has 4 nitrogen and oxygen atoms in total. The number of nitrogens with two attached hydrogens (primary N) is 1. The van der Waals surface area contributed by atoms with Crippen LogP contribution in [0, 0.1) is 11.8 Å². The molecular formula is C17H33N3O. The minimum atomic E-state index is -0.0982. The molecule has 1 atom stereocenters. The SMILES string of the molecule is CCN(C(=O)N1CCCC(C)C1)C1(CN)CCC(C)CC1. The molecule has 4 heteroatoms. The van der Waals surface area contributed by atoms with Gasteiger partial charge in [0.15, 0.2) is 0 Å². The van der Waals surface area contributed by atoms with Gasteiger partial charge in [0.1, 0.15) is 0 Å². The van der Waals surface area contributed by atoms with E-state index in [0.717, 1.165) is 44.8 Å². The topological polar surface area (TPSA) is 49.6 Å². The molecule has 1 saturated heterocycles. The molecule has 2 aliphatic rings. The number of likely N-dealkylation sites (N-methyl/N-ethyl adjacent to an activating group) is 1. The van der Waals surface area contributed by atoms with Gasteiger partial charge in [0.05, 0.1) is 5.54 Å². The Kier molecular flexibility index (Phi) is 5.53. The fourth-order valence-corrected chi connectivity index (χ4v) is 4.09. The second-order valence-electron chi connectivity index (χ2n) is 7.33. The lowest BCUT2D eigenvalue weighted by Gasteiger charge is -2.49. The van der Waals surface area contributed by atoms with Crippen LogP contribution in [0.2, 0.25) is 0 Å². The van der Waals surface area contributed by atoms with Gasteiger partial charge in [-0.2, -0.15) is 0 Å². The third-order valence-electron chi connectivity index (χ3n) is 5.63. The zero-order chi connectivity index (χ0) is 15.5. The van der Waals surface area contributed by atoms with Crippen LogP contribution in [0.3, 0.4) is 0 Å². The van der Waals surface area contributed by atoms with Gasteiger partial charge in [-0.15, -0.1) is 0 Å². The largest absolute Gasteiger partial charge is 0.328 e. The van der Waals surface area contributed by atoms with E-state index in [1.54, 1.807) is 0 Å². The third-order valence-corrected chi connectivity index (χ3v) is 5.63. The molecule has 2 N–H and O–H groups in total. The van der Waals surface area contributed by atoms with E-state index in [2.05, 4.69) is 30.6 Å². The van der Waals surface area contributed by atoms with Crippen LogP contribution >= 0.6 is 0 Å². The van der Waals surface area contributed by atoms with Crippen molar-refractivity contribution in [2.45, 2.75) is 64.8 Å². The average molecular weight is 295 g/mol. The second kappa shape index (κ2) is 6.99. The Hall–Kier alpha value is -0.770. The molecular weight excluding hydrogens is 262 g/mol. The van der Waals surface area contributed by atoms with Crippen LogP contribution in [0.4, 0.5) is 4.79 Å². The quantitative estimate of drug-likeness (QED) is 0.870. The Morgan fingerprint density at radius 2 is 1.90 bits per heavy atom. The van der Waals surface area contributed by atoms with Gasteiger partial charge < -0.3 is 15.5 Å². The van der Waals surface area contributed by atoms with Gasteiger partial charge in [-0.05, 0) is 57.3 Å². The first kappa shape index (κ1) is 16.6. The van der Waals surface area contributed by atoms with E-state index < -0.39 is 0 Å². The lowest BCUT2D eigenvalue weighted by molar-refractivity contribution is 0.0489. The maximum absolute atomic E-state index is 13.0. The Bertz CT molecular complexity index is 350. The van der Waals surface area contributed by atoms with Gasteiger partial charge in [-0.1, -0.05) is 13.8 Å². The van der Waals surface area contributed by atoms with Crippen LogP contribution in [0.1, 0.15) is 59.3 Å². The number of hydrogen-bond acceptors (Lipinski definition) is 2. The molecule has 2 amide bonds. The van der Waals surface area contributed by atoms with E-state index in [1.165, 1.54) is 19.3 Å². The van der Waals surface area contributed by atoms with Crippen LogP contribution in [0.25, 0.3) is 0 Å². The summed E-state index contributed by atoms with van der Waals surface area (Å²) in [5, 5.41) is 0. The molecule has 1 heterocycles. The molecule has 0 aromatic heterocycles. The zero-order valence-corrected chi connectivity index (χ0v) is 14.1. The number of carbonyl (C=O) groups excluding carboxylic acids is 1. The first-order chi connectivity index (χ1) is 10.0. The highest BCUT2D eigenvalue weighted by Crippen LogP contribution is 2.36. The maximum Gasteiger partial charge on any atom is 0.320 e. The number of likely N-dealkylation sites (tertiary alicyclic amines) is 1. The maximum atomic E-state index is 13.0. The summed E-state index contributed by atoms with van der Waals surface area (Å²) < 4.78 is 0. The first-order valence-electron chi connectivity index (χ1n) is 8.79. The highest BCUT2D eigenvalue weighted by molar-refractivity contribution is 5.75. The van der Waals surface area contributed by atoms with Crippen LogP contribution < -0.4 is 5.73 Å². The van der Waals surface area contributed by atoms with Crippen molar-refractivity contribution in [3.8, 4) is 0 Å². The molecule has 1 aliphatic heterocycles. The number of piperidine rings is 1. The number of hydrogen-bond donors (Lipinski definition) is 1. The summed E-state index contributed by atoms with van der Waals surface area (Å²) in [6.45, 7) is 9.85. The molecule has 2 rings (SSSR count). The molecule has 1 aliphatic carbocycles. The molecule has 2 fully saturated rings. The van der Waals surface area contributed by atoms with Crippen LogP contribution in [0.15, 0.2) is 0 Å². The predicted molar refractivity (Wildman–Crippen MR) is 87.2 cm³/mol. The van der Waals surface area contributed by atoms with Gasteiger partial charge in [-0.3, -0.25) is 0 Å². The molecule has 122 valence electrons. The van der Waals surface area contributed by atoms with Gasteiger partial charge >= 0.3 is 6.03 Å². The minimum absolute atomic E-state index is 0.0982. The minimum Gasteiger partial charge on any atom is -0.328 e. The van der Waals surface area contributed by atoms with Crippen molar-refractivity contribution >= 4 is 6.03 Å². The van der Waals surface area contributed by atoms with Crippen molar-refractivity contribution in [2.24, 2.45) is 17.6 Å². The normalized spacial score (nSPS) is 33.8. The predicted octanol–water partition coefficient (Wildman–Crippen LogP) is 3.07. The van der Waals surface area contributed by atoms with Gasteiger partial charge in [0.25, 0.3) is 0 Å². The van der Waals surface area contributed by atoms with E-state index >= 15 is 0 Å². The van der Waals surface area contributed by atoms with E-state index in [0.29, 0.717) is 12.5 Å². The first-order valence-corrected chi connectivity index (χ1v) is 8.79. The summed E-state index contributed by atoms with van der Waals surface area (Å²) in [6, 6.07) is 0.226. The Morgan fingerprint density at radius 1 is 1.24 bits per heavy atom. The summed E-state index contributed by atoms with van der Waals surface area (Å²) in [4.78, 5) is 17.2. The number of urea groups is 1.